The Labute approximate surface area is 137 Å². The summed E-state index contributed by atoms with van der Waals surface area (Å²) in [6.07, 6.45) is 2.78. The number of benzene rings is 1. The molecule has 0 aliphatic rings. The zero-order chi connectivity index (χ0) is 16.1. The van der Waals surface area contributed by atoms with Crippen molar-refractivity contribution in [1.29, 1.82) is 0 Å². The molecule has 0 aliphatic carbocycles. The van der Waals surface area contributed by atoms with E-state index in [4.69, 9.17) is 27.9 Å². The summed E-state index contributed by atoms with van der Waals surface area (Å²) in [5, 5.41) is 3.10. The molecule has 22 heavy (non-hydrogen) atoms. The van der Waals surface area contributed by atoms with Gasteiger partial charge in [-0.2, -0.15) is 0 Å². The number of halogens is 2. The highest BCUT2D eigenvalue weighted by molar-refractivity contribution is 6.33. The van der Waals surface area contributed by atoms with E-state index in [9.17, 15) is 9.59 Å². The van der Waals surface area contributed by atoms with Crippen LogP contribution in [0.1, 0.15) is 22.0 Å². The molecule has 0 fully saturated rings. The van der Waals surface area contributed by atoms with Crippen LogP contribution in [-0.4, -0.2) is 24.0 Å². The summed E-state index contributed by atoms with van der Waals surface area (Å²) in [5.74, 6) is -1.16. The van der Waals surface area contributed by atoms with Crippen LogP contribution in [0.25, 0.3) is 0 Å². The summed E-state index contributed by atoms with van der Waals surface area (Å²) in [6.45, 7) is 0. The van der Waals surface area contributed by atoms with Crippen LogP contribution in [0.4, 0.5) is 0 Å². The van der Waals surface area contributed by atoms with Crippen LogP contribution >= 0.6 is 23.2 Å². The lowest BCUT2D eigenvalue weighted by molar-refractivity contribution is -0.143. The van der Waals surface area contributed by atoms with Gasteiger partial charge in [0.1, 0.15) is 0 Å². The Morgan fingerprint density at radius 1 is 1.18 bits per heavy atom. The molecule has 0 unspecified atom stereocenters. The molecule has 1 N–H and O–H groups in total. The summed E-state index contributed by atoms with van der Waals surface area (Å²) in [6, 6.07) is 7.12. The van der Waals surface area contributed by atoms with E-state index in [0.717, 1.165) is 0 Å². The molecule has 0 spiro atoms. The third-order valence-corrected chi connectivity index (χ3v) is 3.59. The van der Waals surface area contributed by atoms with Crippen LogP contribution in [0.2, 0.25) is 10.0 Å². The number of methoxy groups -OCH3 is 1. The zero-order valence-corrected chi connectivity index (χ0v) is 13.1. The van der Waals surface area contributed by atoms with Gasteiger partial charge in [0.05, 0.1) is 17.7 Å². The molecule has 0 saturated heterocycles. The van der Waals surface area contributed by atoms with Crippen molar-refractivity contribution in [3.63, 3.8) is 0 Å². The number of nitrogens with zero attached hydrogens (tertiary/aromatic N) is 1. The highest BCUT2D eigenvalue weighted by Gasteiger charge is 2.26. The minimum absolute atomic E-state index is 0.183. The van der Waals surface area contributed by atoms with Gasteiger partial charge in [0, 0.05) is 23.0 Å². The highest BCUT2D eigenvalue weighted by atomic mass is 35.5. The van der Waals surface area contributed by atoms with Gasteiger partial charge < -0.3 is 10.1 Å². The third-order valence-electron chi connectivity index (χ3n) is 2.95. The zero-order valence-electron chi connectivity index (χ0n) is 11.5. The van der Waals surface area contributed by atoms with Crippen LogP contribution < -0.4 is 5.32 Å². The first-order valence-corrected chi connectivity index (χ1v) is 7.02. The van der Waals surface area contributed by atoms with Gasteiger partial charge >= 0.3 is 5.97 Å². The van der Waals surface area contributed by atoms with Gasteiger partial charge in [0.25, 0.3) is 5.91 Å². The van der Waals surface area contributed by atoms with E-state index in [2.05, 4.69) is 10.3 Å². The predicted octanol–water partition coefficient (Wildman–Crippen LogP) is 3.03. The Morgan fingerprint density at radius 2 is 1.91 bits per heavy atom. The fraction of sp³-hybridized carbons (Fsp3) is 0.133. The van der Waals surface area contributed by atoms with Crippen molar-refractivity contribution in [2.75, 3.05) is 7.11 Å². The molecule has 0 aliphatic heterocycles. The summed E-state index contributed by atoms with van der Waals surface area (Å²) in [5.41, 5.74) is 0.646. The second kappa shape index (κ2) is 7.24. The molecule has 1 heterocycles. The molecule has 1 aromatic heterocycles. The molecule has 1 aromatic carbocycles. The number of esters is 1. The molecule has 1 atom stereocenters. The van der Waals surface area contributed by atoms with Crippen LogP contribution in [-0.2, 0) is 9.53 Å². The molecular weight excluding hydrogens is 327 g/mol. The van der Waals surface area contributed by atoms with E-state index in [-0.39, 0.29) is 10.6 Å². The normalized spacial score (nSPS) is 11.6. The molecular formula is C15H12Cl2N2O3. The Hall–Kier alpha value is -2.11. The van der Waals surface area contributed by atoms with Crippen molar-refractivity contribution in [3.8, 4) is 0 Å². The Morgan fingerprint density at radius 3 is 2.55 bits per heavy atom. The fourth-order valence-corrected chi connectivity index (χ4v) is 2.31. The van der Waals surface area contributed by atoms with Gasteiger partial charge in [-0.1, -0.05) is 41.4 Å². The summed E-state index contributed by atoms with van der Waals surface area (Å²) < 4.78 is 4.73. The number of carbonyl (C=O) groups excluding carboxylic acids is 2. The quantitative estimate of drug-likeness (QED) is 0.870. The van der Waals surface area contributed by atoms with E-state index in [0.29, 0.717) is 10.6 Å². The number of carbonyl (C=O) groups is 2. The molecule has 0 saturated carbocycles. The second-order valence-corrected chi connectivity index (χ2v) is 5.12. The molecule has 114 valence electrons. The van der Waals surface area contributed by atoms with Crippen LogP contribution in [0, 0.1) is 0 Å². The van der Waals surface area contributed by atoms with Gasteiger partial charge in [0.2, 0.25) is 0 Å². The monoisotopic (exact) mass is 338 g/mol. The average Bonchev–Trinajstić information content (AvgIpc) is 2.53. The van der Waals surface area contributed by atoms with Crippen molar-refractivity contribution < 1.29 is 14.3 Å². The maximum absolute atomic E-state index is 12.3. The van der Waals surface area contributed by atoms with E-state index < -0.39 is 17.9 Å². The predicted molar refractivity (Wildman–Crippen MR) is 82.9 cm³/mol. The van der Waals surface area contributed by atoms with Crippen LogP contribution in [0.3, 0.4) is 0 Å². The summed E-state index contributed by atoms with van der Waals surface area (Å²) >= 11 is 12.0. The number of nitrogens with one attached hydrogen (secondary N) is 1. The van der Waals surface area contributed by atoms with Crippen molar-refractivity contribution in [2.45, 2.75) is 6.04 Å². The smallest absolute Gasteiger partial charge is 0.333 e. The number of amides is 1. The number of pyridine rings is 1. The van der Waals surface area contributed by atoms with Crippen molar-refractivity contribution in [1.82, 2.24) is 10.3 Å². The first-order valence-electron chi connectivity index (χ1n) is 6.27. The van der Waals surface area contributed by atoms with Gasteiger partial charge in [-0.25, -0.2) is 4.79 Å². The van der Waals surface area contributed by atoms with E-state index in [1.54, 1.807) is 24.3 Å². The van der Waals surface area contributed by atoms with Gasteiger partial charge in [-0.05, 0) is 12.1 Å². The topological polar surface area (TPSA) is 68.3 Å². The standard InChI is InChI=1S/C15H12Cl2N2O3/c1-22-15(21)13(9-4-2-3-5-11(9)16)19-14(20)10-6-7-18-8-12(10)17/h2-8,13H,1H3,(H,19,20)/t13-/m1/s1. The van der Waals surface area contributed by atoms with Gasteiger partial charge in [-0.15, -0.1) is 0 Å². The minimum atomic E-state index is -1.03. The summed E-state index contributed by atoms with van der Waals surface area (Å²) in [4.78, 5) is 28.1. The van der Waals surface area contributed by atoms with Crippen molar-refractivity contribution in [3.05, 3.63) is 63.9 Å². The number of hydrogen-bond donors (Lipinski definition) is 1. The number of aromatic nitrogens is 1. The highest BCUT2D eigenvalue weighted by Crippen LogP contribution is 2.24. The van der Waals surface area contributed by atoms with Gasteiger partial charge in [0.15, 0.2) is 6.04 Å². The maximum atomic E-state index is 12.3. The first-order chi connectivity index (χ1) is 10.5. The third kappa shape index (κ3) is 3.55. The molecule has 0 bridgehead atoms. The summed E-state index contributed by atoms with van der Waals surface area (Å²) in [7, 11) is 1.23. The van der Waals surface area contributed by atoms with E-state index >= 15 is 0 Å². The molecule has 2 rings (SSSR count). The lowest BCUT2D eigenvalue weighted by atomic mass is 10.1. The molecule has 7 heteroatoms. The number of hydrogen-bond acceptors (Lipinski definition) is 4. The van der Waals surface area contributed by atoms with Crippen molar-refractivity contribution >= 4 is 35.1 Å². The van der Waals surface area contributed by atoms with Crippen LogP contribution in [0.15, 0.2) is 42.7 Å². The lowest BCUT2D eigenvalue weighted by Crippen LogP contribution is -2.34. The molecule has 0 radical (unpaired) electrons. The van der Waals surface area contributed by atoms with E-state index in [1.807, 2.05) is 0 Å². The molecule has 5 nitrogen and oxygen atoms in total. The van der Waals surface area contributed by atoms with Gasteiger partial charge in [-0.3, -0.25) is 9.78 Å². The molecule has 1 amide bonds. The van der Waals surface area contributed by atoms with Crippen LogP contribution in [0.5, 0.6) is 0 Å². The first kappa shape index (κ1) is 16.3. The largest absolute Gasteiger partial charge is 0.467 e. The number of ether oxygens (including phenoxy) is 1. The SMILES string of the molecule is COC(=O)[C@H](NC(=O)c1ccncc1Cl)c1ccccc1Cl. The second-order valence-electron chi connectivity index (χ2n) is 4.31. The Kier molecular flexibility index (Phi) is 5.35. The number of rotatable bonds is 4. The minimum Gasteiger partial charge on any atom is -0.467 e. The molecule has 2 aromatic rings. The maximum Gasteiger partial charge on any atom is 0.333 e. The van der Waals surface area contributed by atoms with E-state index in [1.165, 1.54) is 25.6 Å². The average molecular weight is 339 g/mol. The lowest BCUT2D eigenvalue weighted by Gasteiger charge is -2.18. The fourth-order valence-electron chi connectivity index (χ4n) is 1.86. The Balaban J connectivity index is 2.32. The van der Waals surface area contributed by atoms with Crippen molar-refractivity contribution in [2.24, 2.45) is 0 Å². The Bertz CT molecular complexity index is 707.